The molecule has 2 aromatic rings. The van der Waals surface area contributed by atoms with Gasteiger partial charge in [0, 0.05) is 17.3 Å². The van der Waals surface area contributed by atoms with E-state index in [-0.39, 0.29) is 12.5 Å². The Balaban J connectivity index is 2.08. The highest BCUT2D eigenvalue weighted by atomic mass is 17.1. The van der Waals surface area contributed by atoms with E-state index in [1.54, 1.807) is 56.7 Å². The van der Waals surface area contributed by atoms with Crippen molar-refractivity contribution >= 4 is 17.7 Å². The van der Waals surface area contributed by atoms with E-state index in [0.29, 0.717) is 22.7 Å². The van der Waals surface area contributed by atoms with Gasteiger partial charge in [0.05, 0.1) is 14.2 Å². The summed E-state index contributed by atoms with van der Waals surface area (Å²) >= 11 is 0. The molecule has 6 nitrogen and oxygen atoms in total. The molecule has 0 aliphatic carbocycles. The van der Waals surface area contributed by atoms with Crippen molar-refractivity contribution in [1.82, 2.24) is 0 Å². The van der Waals surface area contributed by atoms with Crippen LogP contribution in [-0.2, 0) is 16.3 Å². The fourth-order valence-electron chi connectivity index (χ4n) is 2.14. The molecule has 24 heavy (non-hydrogen) atoms. The molecule has 0 unspecified atom stereocenters. The SMILES string of the molecule is COc1ccc(/C=C/C(=O)Nc2ccccc2COO)cc1OC. The van der Waals surface area contributed by atoms with Crippen LogP contribution >= 0.6 is 0 Å². The maximum absolute atomic E-state index is 12.1. The highest BCUT2D eigenvalue weighted by Gasteiger charge is 2.05. The molecule has 2 aromatic carbocycles. The van der Waals surface area contributed by atoms with Crippen LogP contribution in [0.5, 0.6) is 11.5 Å². The minimum absolute atomic E-state index is 0.00412. The van der Waals surface area contributed by atoms with E-state index < -0.39 is 0 Å². The molecule has 0 atom stereocenters. The number of hydrogen-bond donors (Lipinski definition) is 2. The summed E-state index contributed by atoms with van der Waals surface area (Å²) in [6.07, 6.45) is 3.08. The van der Waals surface area contributed by atoms with E-state index in [1.165, 1.54) is 6.08 Å². The van der Waals surface area contributed by atoms with Gasteiger partial charge in [0.25, 0.3) is 0 Å². The number of ether oxygens (including phenoxy) is 2. The Morgan fingerprint density at radius 2 is 1.88 bits per heavy atom. The molecule has 0 aliphatic heterocycles. The molecule has 2 rings (SSSR count). The maximum Gasteiger partial charge on any atom is 0.248 e. The summed E-state index contributed by atoms with van der Waals surface area (Å²) < 4.78 is 10.4. The van der Waals surface area contributed by atoms with E-state index in [9.17, 15) is 4.79 Å². The van der Waals surface area contributed by atoms with Gasteiger partial charge in [-0.25, -0.2) is 4.89 Å². The van der Waals surface area contributed by atoms with Crippen molar-refractivity contribution in [3.63, 3.8) is 0 Å². The fraction of sp³-hybridized carbons (Fsp3) is 0.167. The van der Waals surface area contributed by atoms with Gasteiger partial charge in [0.2, 0.25) is 5.91 Å². The van der Waals surface area contributed by atoms with Gasteiger partial charge in [-0.2, -0.15) is 0 Å². The number of carbonyl (C=O) groups is 1. The standard InChI is InChI=1S/C18H19NO5/c1-22-16-9-7-13(11-17(16)23-2)8-10-18(20)19-15-6-4-3-5-14(15)12-24-21/h3-11,21H,12H2,1-2H3,(H,19,20)/b10-8+. The van der Waals surface area contributed by atoms with Gasteiger partial charge in [0.15, 0.2) is 11.5 Å². The quantitative estimate of drug-likeness (QED) is 0.463. The van der Waals surface area contributed by atoms with Crippen LogP contribution in [0.15, 0.2) is 48.5 Å². The van der Waals surface area contributed by atoms with E-state index in [4.69, 9.17) is 14.7 Å². The van der Waals surface area contributed by atoms with Crippen molar-refractivity contribution in [3.05, 3.63) is 59.7 Å². The monoisotopic (exact) mass is 329 g/mol. The number of hydrogen-bond acceptors (Lipinski definition) is 5. The molecule has 0 spiro atoms. The lowest BCUT2D eigenvalue weighted by atomic mass is 10.1. The van der Waals surface area contributed by atoms with Crippen LogP contribution < -0.4 is 14.8 Å². The second-order valence-electron chi connectivity index (χ2n) is 4.87. The summed E-state index contributed by atoms with van der Waals surface area (Å²) in [6.45, 7) is -0.00412. The van der Waals surface area contributed by atoms with Crippen LogP contribution in [-0.4, -0.2) is 25.4 Å². The maximum atomic E-state index is 12.1. The average molecular weight is 329 g/mol. The Labute approximate surface area is 140 Å². The lowest BCUT2D eigenvalue weighted by molar-refractivity contribution is -0.252. The van der Waals surface area contributed by atoms with Crippen molar-refractivity contribution in [2.24, 2.45) is 0 Å². The van der Waals surface area contributed by atoms with Crippen molar-refractivity contribution < 1.29 is 24.4 Å². The molecule has 0 saturated carbocycles. The predicted molar refractivity (Wildman–Crippen MR) is 91.1 cm³/mol. The van der Waals surface area contributed by atoms with Gasteiger partial charge in [-0.1, -0.05) is 24.3 Å². The summed E-state index contributed by atoms with van der Waals surface area (Å²) in [5.74, 6) is 0.915. The number of benzene rings is 2. The number of carbonyl (C=O) groups excluding carboxylic acids is 1. The number of amides is 1. The van der Waals surface area contributed by atoms with Crippen molar-refractivity contribution in [2.45, 2.75) is 6.61 Å². The highest BCUT2D eigenvalue weighted by Crippen LogP contribution is 2.28. The first-order valence-corrected chi connectivity index (χ1v) is 7.23. The summed E-state index contributed by atoms with van der Waals surface area (Å²) in [5.41, 5.74) is 2.05. The Morgan fingerprint density at radius 3 is 2.58 bits per heavy atom. The first kappa shape index (κ1) is 17.5. The van der Waals surface area contributed by atoms with E-state index in [0.717, 1.165) is 5.56 Å². The second kappa shape index (κ2) is 8.71. The summed E-state index contributed by atoms with van der Waals surface area (Å²) in [5, 5.41) is 11.3. The van der Waals surface area contributed by atoms with Gasteiger partial charge in [0.1, 0.15) is 6.61 Å². The smallest absolute Gasteiger partial charge is 0.248 e. The third kappa shape index (κ3) is 4.58. The lowest BCUT2D eigenvalue weighted by Crippen LogP contribution is -2.10. The van der Waals surface area contributed by atoms with Gasteiger partial charge in [-0.3, -0.25) is 10.1 Å². The molecule has 126 valence electrons. The lowest BCUT2D eigenvalue weighted by Gasteiger charge is -2.08. The molecular weight excluding hydrogens is 310 g/mol. The zero-order chi connectivity index (χ0) is 17.4. The van der Waals surface area contributed by atoms with Gasteiger partial charge in [-0.15, -0.1) is 0 Å². The molecule has 6 heteroatoms. The number of anilines is 1. The molecule has 2 N–H and O–H groups in total. The first-order valence-electron chi connectivity index (χ1n) is 7.23. The largest absolute Gasteiger partial charge is 0.493 e. The Hall–Kier alpha value is -2.83. The normalized spacial score (nSPS) is 10.6. The number of para-hydroxylation sites is 1. The molecule has 0 bridgehead atoms. The van der Waals surface area contributed by atoms with Gasteiger partial charge < -0.3 is 14.8 Å². The fourth-order valence-corrected chi connectivity index (χ4v) is 2.14. The van der Waals surface area contributed by atoms with Crippen molar-refractivity contribution in [3.8, 4) is 11.5 Å². The van der Waals surface area contributed by atoms with E-state index in [2.05, 4.69) is 10.2 Å². The van der Waals surface area contributed by atoms with Crippen LogP contribution in [0.1, 0.15) is 11.1 Å². The van der Waals surface area contributed by atoms with Crippen molar-refractivity contribution in [1.29, 1.82) is 0 Å². The summed E-state index contributed by atoms with van der Waals surface area (Å²) in [4.78, 5) is 16.2. The predicted octanol–water partition coefficient (Wildman–Crippen LogP) is 3.35. The summed E-state index contributed by atoms with van der Waals surface area (Å²) in [7, 11) is 3.12. The minimum atomic E-state index is -0.296. The van der Waals surface area contributed by atoms with Gasteiger partial charge >= 0.3 is 0 Å². The zero-order valence-corrected chi connectivity index (χ0v) is 13.5. The third-order valence-corrected chi connectivity index (χ3v) is 3.33. The Bertz CT molecular complexity index is 727. The summed E-state index contributed by atoms with van der Waals surface area (Å²) in [6, 6.07) is 12.4. The second-order valence-corrected chi connectivity index (χ2v) is 4.87. The molecule has 0 radical (unpaired) electrons. The number of nitrogens with one attached hydrogen (secondary N) is 1. The van der Waals surface area contributed by atoms with Gasteiger partial charge in [-0.05, 0) is 29.8 Å². The van der Waals surface area contributed by atoms with Crippen LogP contribution in [0.2, 0.25) is 0 Å². The third-order valence-electron chi connectivity index (χ3n) is 3.33. The van der Waals surface area contributed by atoms with Crippen molar-refractivity contribution in [2.75, 3.05) is 19.5 Å². The van der Waals surface area contributed by atoms with Crippen LogP contribution in [0.3, 0.4) is 0 Å². The average Bonchev–Trinajstić information content (AvgIpc) is 2.61. The number of methoxy groups -OCH3 is 2. The molecular formula is C18H19NO5. The van der Waals surface area contributed by atoms with Crippen LogP contribution in [0, 0.1) is 0 Å². The van der Waals surface area contributed by atoms with Crippen LogP contribution in [0.25, 0.3) is 6.08 Å². The number of rotatable bonds is 7. The topological polar surface area (TPSA) is 77.0 Å². The van der Waals surface area contributed by atoms with Crippen LogP contribution in [0.4, 0.5) is 5.69 Å². The molecule has 0 saturated heterocycles. The molecule has 0 fully saturated rings. The molecule has 0 aliphatic rings. The molecule has 0 heterocycles. The molecule has 1 amide bonds. The Morgan fingerprint density at radius 1 is 1.12 bits per heavy atom. The van der Waals surface area contributed by atoms with E-state index >= 15 is 0 Å². The molecule has 0 aromatic heterocycles. The minimum Gasteiger partial charge on any atom is -0.493 e. The zero-order valence-electron chi connectivity index (χ0n) is 13.5. The Kier molecular flexibility index (Phi) is 6.36. The first-order chi connectivity index (χ1) is 11.7. The highest BCUT2D eigenvalue weighted by molar-refractivity contribution is 6.02. The van der Waals surface area contributed by atoms with E-state index in [1.807, 2.05) is 6.07 Å².